The normalized spacial score (nSPS) is 22.1. The van der Waals surface area contributed by atoms with Gasteiger partial charge in [-0.15, -0.1) is 0 Å². The van der Waals surface area contributed by atoms with Crippen LogP contribution in [0.5, 0.6) is 0 Å². The molecule has 5 rings (SSSR count). The second-order valence-electron chi connectivity index (χ2n) is 8.81. The van der Waals surface area contributed by atoms with Crippen LogP contribution in [-0.4, -0.2) is 57.3 Å². The van der Waals surface area contributed by atoms with Gasteiger partial charge in [-0.3, -0.25) is 4.99 Å². The predicted molar refractivity (Wildman–Crippen MR) is 127 cm³/mol. The van der Waals surface area contributed by atoms with Crippen LogP contribution in [0.4, 0.5) is 11.5 Å². The van der Waals surface area contributed by atoms with Gasteiger partial charge in [0.2, 0.25) is 0 Å². The molecule has 0 aliphatic carbocycles. The number of morpholine rings is 1. The number of rotatable bonds is 3. The van der Waals surface area contributed by atoms with Crippen LogP contribution in [-0.2, 0) is 17.7 Å². The van der Waals surface area contributed by atoms with E-state index in [1.807, 2.05) is 18.2 Å². The van der Waals surface area contributed by atoms with E-state index in [9.17, 15) is 0 Å². The molecular formula is C24H30ClN5O. The number of aromatic nitrogens is 1. The van der Waals surface area contributed by atoms with E-state index >= 15 is 0 Å². The molecule has 164 valence electrons. The van der Waals surface area contributed by atoms with Gasteiger partial charge in [0.25, 0.3) is 0 Å². The zero-order valence-corrected chi connectivity index (χ0v) is 18.9. The Morgan fingerprint density at radius 1 is 1.19 bits per heavy atom. The summed E-state index contributed by atoms with van der Waals surface area (Å²) < 4.78 is 5.52. The van der Waals surface area contributed by atoms with Gasteiger partial charge in [-0.2, -0.15) is 0 Å². The van der Waals surface area contributed by atoms with Crippen molar-refractivity contribution in [1.82, 2.24) is 10.3 Å². The van der Waals surface area contributed by atoms with Crippen LogP contribution in [0.2, 0.25) is 5.02 Å². The molecule has 31 heavy (non-hydrogen) atoms. The Morgan fingerprint density at radius 2 is 2.00 bits per heavy atom. The average molecular weight is 440 g/mol. The summed E-state index contributed by atoms with van der Waals surface area (Å²) in [6.07, 6.45) is 5.28. The fraction of sp³-hybridized carbons (Fsp3) is 0.500. The maximum Gasteiger partial charge on any atom is 0.130 e. The van der Waals surface area contributed by atoms with Gasteiger partial charge in [0.1, 0.15) is 11.7 Å². The van der Waals surface area contributed by atoms with Crippen LogP contribution in [0.25, 0.3) is 0 Å². The second-order valence-corrected chi connectivity index (χ2v) is 9.24. The number of aliphatic imine (C=N–C) groups is 1. The number of nitrogens with one attached hydrogen (secondary N) is 1. The Bertz CT molecular complexity index is 966. The van der Waals surface area contributed by atoms with Crippen molar-refractivity contribution in [3.05, 3.63) is 52.7 Å². The van der Waals surface area contributed by atoms with Gasteiger partial charge in [0.15, 0.2) is 0 Å². The number of anilines is 2. The number of halogens is 1. The molecule has 0 amide bonds. The number of hydrogen-bond donors (Lipinski definition) is 1. The Labute approximate surface area is 189 Å². The summed E-state index contributed by atoms with van der Waals surface area (Å²) in [7, 11) is 2.17. The van der Waals surface area contributed by atoms with Crippen LogP contribution in [0.1, 0.15) is 24.0 Å². The molecule has 0 atom stereocenters. The first-order valence-corrected chi connectivity index (χ1v) is 11.6. The first-order valence-electron chi connectivity index (χ1n) is 11.2. The Kier molecular flexibility index (Phi) is 5.87. The Morgan fingerprint density at radius 3 is 2.77 bits per heavy atom. The topological polar surface area (TPSA) is 53.0 Å². The van der Waals surface area contributed by atoms with Gasteiger partial charge in [0, 0.05) is 42.8 Å². The molecule has 3 aliphatic heterocycles. The van der Waals surface area contributed by atoms with Gasteiger partial charge in [-0.25, -0.2) is 4.98 Å². The molecule has 0 saturated carbocycles. The number of amidine groups is 1. The largest absolute Gasteiger partial charge is 0.378 e. The zero-order chi connectivity index (χ0) is 21.3. The molecule has 2 aromatic rings. The highest BCUT2D eigenvalue weighted by atomic mass is 35.5. The fourth-order valence-corrected chi connectivity index (χ4v) is 5.38. The molecule has 0 bridgehead atoms. The minimum Gasteiger partial charge on any atom is -0.378 e. The number of piperidine rings is 1. The standard InChI is InChI=1S/C24H30ClN5O/c1-29-21-14-22(30-9-11-31-12-10-30)27-17-19(21)15-24(5-7-26-8-6-24)23(29)28-16-18-3-2-4-20(25)13-18/h2-4,13-14,17,26H,5-12,15-16H2,1H3. The number of fused-ring (bicyclic) bond motifs is 1. The number of benzene rings is 1. The number of nitrogens with zero attached hydrogens (tertiary/aromatic N) is 4. The molecule has 1 aromatic heterocycles. The SMILES string of the molecule is CN1C(=NCc2cccc(Cl)c2)C2(CCNCC2)Cc2cnc(N3CCOCC3)cc21. The lowest BCUT2D eigenvalue weighted by atomic mass is 9.70. The van der Waals surface area contributed by atoms with E-state index in [4.69, 9.17) is 26.3 Å². The Hall–Kier alpha value is -2.15. The fourth-order valence-electron chi connectivity index (χ4n) is 5.17. The van der Waals surface area contributed by atoms with E-state index in [0.717, 1.165) is 75.1 Å². The molecule has 1 aromatic carbocycles. The van der Waals surface area contributed by atoms with Crippen LogP contribution >= 0.6 is 11.6 Å². The van der Waals surface area contributed by atoms with Crippen molar-refractivity contribution < 1.29 is 4.74 Å². The zero-order valence-electron chi connectivity index (χ0n) is 18.1. The van der Waals surface area contributed by atoms with Gasteiger partial charge in [-0.05, 0) is 55.6 Å². The number of hydrogen-bond acceptors (Lipinski definition) is 5. The molecule has 0 unspecified atom stereocenters. The summed E-state index contributed by atoms with van der Waals surface area (Å²) in [4.78, 5) is 14.7. The highest BCUT2D eigenvalue weighted by Crippen LogP contribution is 2.44. The van der Waals surface area contributed by atoms with E-state index in [1.165, 1.54) is 17.1 Å². The van der Waals surface area contributed by atoms with Crippen LogP contribution in [0.15, 0.2) is 41.5 Å². The summed E-state index contributed by atoms with van der Waals surface area (Å²) in [6, 6.07) is 10.3. The van der Waals surface area contributed by atoms with Crippen molar-refractivity contribution in [3.8, 4) is 0 Å². The highest BCUT2D eigenvalue weighted by molar-refractivity contribution is 6.30. The molecule has 1 spiro atoms. The third kappa shape index (κ3) is 4.16. The quantitative estimate of drug-likeness (QED) is 0.792. The van der Waals surface area contributed by atoms with Crippen molar-refractivity contribution in [2.24, 2.45) is 10.4 Å². The smallest absolute Gasteiger partial charge is 0.130 e. The minimum absolute atomic E-state index is 0.0632. The molecule has 0 radical (unpaired) electrons. The third-order valence-corrected chi connectivity index (χ3v) is 7.06. The third-order valence-electron chi connectivity index (χ3n) is 6.83. The number of ether oxygens (including phenoxy) is 1. The lowest BCUT2D eigenvalue weighted by Crippen LogP contribution is -2.52. The summed E-state index contributed by atoms with van der Waals surface area (Å²) in [6.45, 7) is 6.00. The molecule has 2 saturated heterocycles. The van der Waals surface area contributed by atoms with Gasteiger partial charge < -0.3 is 19.9 Å². The lowest BCUT2D eigenvalue weighted by Gasteiger charge is -2.46. The second kappa shape index (κ2) is 8.77. The van der Waals surface area contributed by atoms with Crippen molar-refractivity contribution in [2.45, 2.75) is 25.8 Å². The Balaban J connectivity index is 1.50. The summed E-state index contributed by atoms with van der Waals surface area (Å²) >= 11 is 6.21. The van der Waals surface area contributed by atoms with E-state index < -0.39 is 0 Å². The van der Waals surface area contributed by atoms with E-state index in [0.29, 0.717) is 6.54 Å². The van der Waals surface area contributed by atoms with Crippen molar-refractivity contribution >= 4 is 28.9 Å². The molecule has 3 aliphatic rings. The summed E-state index contributed by atoms with van der Waals surface area (Å²) in [5.41, 5.74) is 3.76. The molecule has 7 heteroatoms. The average Bonchev–Trinajstić information content (AvgIpc) is 2.80. The van der Waals surface area contributed by atoms with E-state index in [2.05, 4.69) is 40.5 Å². The molecule has 6 nitrogen and oxygen atoms in total. The van der Waals surface area contributed by atoms with E-state index in [-0.39, 0.29) is 5.41 Å². The number of pyridine rings is 1. The van der Waals surface area contributed by atoms with Crippen LogP contribution in [0, 0.1) is 5.41 Å². The monoisotopic (exact) mass is 439 g/mol. The van der Waals surface area contributed by atoms with Crippen molar-refractivity contribution in [3.63, 3.8) is 0 Å². The first kappa shape index (κ1) is 20.7. The maximum absolute atomic E-state index is 6.21. The maximum atomic E-state index is 6.21. The summed E-state index contributed by atoms with van der Waals surface area (Å²) in [5, 5.41) is 4.29. The van der Waals surface area contributed by atoms with Gasteiger partial charge in [-0.1, -0.05) is 23.7 Å². The highest BCUT2D eigenvalue weighted by Gasteiger charge is 2.43. The molecule has 4 heterocycles. The van der Waals surface area contributed by atoms with Crippen LogP contribution < -0.4 is 15.1 Å². The van der Waals surface area contributed by atoms with Gasteiger partial charge >= 0.3 is 0 Å². The van der Waals surface area contributed by atoms with Crippen molar-refractivity contribution in [2.75, 3.05) is 56.2 Å². The predicted octanol–water partition coefficient (Wildman–Crippen LogP) is 3.53. The lowest BCUT2D eigenvalue weighted by molar-refractivity contribution is 0.122. The van der Waals surface area contributed by atoms with Crippen LogP contribution in [0.3, 0.4) is 0 Å². The van der Waals surface area contributed by atoms with Gasteiger partial charge in [0.05, 0.1) is 25.4 Å². The first-order chi connectivity index (χ1) is 15.1. The molecule has 2 fully saturated rings. The molecule has 1 N–H and O–H groups in total. The molecular weight excluding hydrogens is 410 g/mol. The minimum atomic E-state index is 0.0632. The summed E-state index contributed by atoms with van der Waals surface area (Å²) in [5.74, 6) is 2.23. The van der Waals surface area contributed by atoms with E-state index in [1.54, 1.807) is 0 Å². The van der Waals surface area contributed by atoms with Crippen molar-refractivity contribution in [1.29, 1.82) is 0 Å².